The van der Waals surface area contributed by atoms with Crippen LogP contribution in [0.4, 0.5) is 0 Å². The maximum absolute atomic E-state index is 12.5. The van der Waals surface area contributed by atoms with Crippen LogP contribution < -0.4 is 9.47 Å². The first-order valence-electron chi connectivity index (χ1n) is 10.1. The third-order valence-corrected chi connectivity index (χ3v) is 8.04. The van der Waals surface area contributed by atoms with Gasteiger partial charge in [-0.2, -0.15) is 4.31 Å². The third kappa shape index (κ3) is 5.96. The molecule has 0 radical (unpaired) electrons. The quantitative estimate of drug-likeness (QED) is 0.404. The Bertz CT molecular complexity index is 888. The number of carbonyl (C=O) groups is 1. The molecule has 1 saturated heterocycles. The van der Waals surface area contributed by atoms with Crippen LogP contribution in [-0.2, 0) is 19.6 Å². The van der Waals surface area contributed by atoms with Crippen LogP contribution in [0.15, 0.2) is 46.0 Å². The van der Waals surface area contributed by atoms with Gasteiger partial charge in [-0.05, 0) is 55.0 Å². The second-order valence-corrected chi connectivity index (χ2v) is 10.1. The summed E-state index contributed by atoms with van der Waals surface area (Å²) in [5, 5.41) is 1.74. The highest BCUT2D eigenvalue weighted by molar-refractivity contribution is 7.91. The third-order valence-electron chi connectivity index (χ3n) is 4.77. The Hall–Kier alpha value is -2.10. The fraction of sp³-hybridized carbons (Fsp3) is 0.476. The van der Waals surface area contributed by atoms with E-state index in [2.05, 4.69) is 6.92 Å². The minimum absolute atomic E-state index is 0.153. The van der Waals surface area contributed by atoms with E-state index in [9.17, 15) is 13.2 Å². The van der Waals surface area contributed by atoms with Gasteiger partial charge in [-0.1, -0.05) is 13.0 Å². The van der Waals surface area contributed by atoms with Gasteiger partial charge < -0.3 is 14.2 Å². The summed E-state index contributed by atoms with van der Waals surface area (Å²) in [5.74, 6) is 0.898. The molecule has 3 rings (SSSR count). The number of ether oxygens (including phenoxy) is 3. The van der Waals surface area contributed by atoms with Gasteiger partial charge in [0.25, 0.3) is 10.0 Å². The van der Waals surface area contributed by atoms with Crippen molar-refractivity contribution in [2.24, 2.45) is 5.92 Å². The van der Waals surface area contributed by atoms with E-state index in [0.717, 1.165) is 12.2 Å². The molecule has 0 N–H and O–H groups in total. The topological polar surface area (TPSA) is 82.1 Å². The maximum Gasteiger partial charge on any atom is 0.309 e. The molecule has 1 aliphatic heterocycles. The van der Waals surface area contributed by atoms with Gasteiger partial charge in [-0.15, -0.1) is 11.3 Å². The average molecular weight is 454 g/mol. The SMILES string of the molecule is CCCOc1ccc(OCCOC(=O)C2CCN(S(=O)(=O)c3cccs3)CC2)cc1. The van der Waals surface area contributed by atoms with Crippen LogP contribution in [0.5, 0.6) is 11.5 Å². The lowest BCUT2D eigenvalue weighted by Gasteiger charge is -2.29. The van der Waals surface area contributed by atoms with Gasteiger partial charge in [0.2, 0.25) is 0 Å². The number of carbonyl (C=O) groups excluding carboxylic acids is 1. The molecule has 0 amide bonds. The number of hydrogen-bond donors (Lipinski definition) is 0. The van der Waals surface area contributed by atoms with Gasteiger partial charge in [0.05, 0.1) is 12.5 Å². The van der Waals surface area contributed by atoms with Crippen molar-refractivity contribution in [3.63, 3.8) is 0 Å². The first kappa shape index (κ1) is 22.6. The zero-order valence-electron chi connectivity index (χ0n) is 17.0. The summed E-state index contributed by atoms with van der Waals surface area (Å²) in [5.41, 5.74) is 0. The monoisotopic (exact) mass is 453 g/mol. The van der Waals surface area contributed by atoms with Crippen molar-refractivity contribution in [3.8, 4) is 11.5 Å². The average Bonchev–Trinajstić information content (AvgIpc) is 3.32. The minimum Gasteiger partial charge on any atom is -0.494 e. The molecule has 0 saturated carbocycles. The largest absolute Gasteiger partial charge is 0.494 e. The number of hydrogen-bond acceptors (Lipinski definition) is 7. The van der Waals surface area contributed by atoms with Gasteiger partial charge in [0.15, 0.2) is 0 Å². The van der Waals surface area contributed by atoms with Crippen LogP contribution in [-0.4, -0.2) is 51.6 Å². The van der Waals surface area contributed by atoms with Crippen molar-refractivity contribution >= 4 is 27.3 Å². The van der Waals surface area contributed by atoms with Gasteiger partial charge in [0, 0.05) is 13.1 Å². The molecular formula is C21H27NO6S2. The Morgan fingerprint density at radius 1 is 1.03 bits per heavy atom. The second kappa shape index (κ2) is 10.8. The molecular weight excluding hydrogens is 426 g/mol. The smallest absolute Gasteiger partial charge is 0.309 e. The maximum atomic E-state index is 12.5. The highest BCUT2D eigenvalue weighted by Gasteiger charge is 2.33. The molecule has 9 heteroatoms. The number of piperidine rings is 1. The van der Waals surface area contributed by atoms with E-state index in [-0.39, 0.29) is 25.1 Å². The molecule has 7 nitrogen and oxygen atoms in total. The Morgan fingerprint density at radius 2 is 1.67 bits per heavy atom. The highest BCUT2D eigenvalue weighted by Crippen LogP contribution is 2.27. The Morgan fingerprint density at radius 3 is 2.23 bits per heavy atom. The minimum atomic E-state index is -3.46. The molecule has 0 aliphatic carbocycles. The summed E-state index contributed by atoms with van der Waals surface area (Å²) in [6, 6.07) is 10.6. The highest BCUT2D eigenvalue weighted by atomic mass is 32.2. The molecule has 0 atom stereocenters. The van der Waals surface area contributed by atoms with Crippen LogP contribution >= 0.6 is 11.3 Å². The normalized spacial score (nSPS) is 15.6. The van der Waals surface area contributed by atoms with Crippen molar-refractivity contribution in [3.05, 3.63) is 41.8 Å². The molecule has 2 aromatic rings. The summed E-state index contributed by atoms with van der Waals surface area (Å²) < 4.78 is 43.3. The molecule has 0 bridgehead atoms. The van der Waals surface area contributed by atoms with Crippen LogP contribution in [0.25, 0.3) is 0 Å². The number of benzene rings is 1. The number of esters is 1. The second-order valence-electron chi connectivity index (χ2n) is 6.95. The van der Waals surface area contributed by atoms with E-state index in [1.54, 1.807) is 17.5 Å². The standard InChI is InChI=1S/C21H27NO6S2/c1-2-13-26-18-5-7-19(8-6-18)27-14-15-28-21(23)17-9-11-22(12-10-17)30(24,25)20-4-3-16-29-20/h3-8,16-17H,2,9-15H2,1H3. The van der Waals surface area contributed by atoms with Crippen molar-refractivity contribution in [2.75, 3.05) is 32.9 Å². The van der Waals surface area contributed by atoms with Crippen molar-refractivity contribution in [1.29, 1.82) is 0 Å². The Kier molecular flexibility index (Phi) is 8.12. The molecule has 30 heavy (non-hydrogen) atoms. The fourth-order valence-electron chi connectivity index (χ4n) is 3.14. The summed E-state index contributed by atoms with van der Waals surface area (Å²) in [7, 11) is -3.46. The van der Waals surface area contributed by atoms with Gasteiger partial charge >= 0.3 is 5.97 Å². The van der Waals surface area contributed by atoms with Crippen molar-refractivity contribution in [1.82, 2.24) is 4.31 Å². The lowest BCUT2D eigenvalue weighted by molar-refractivity contribution is -0.150. The Balaban J connectivity index is 1.36. The lowest BCUT2D eigenvalue weighted by atomic mass is 9.98. The first-order chi connectivity index (χ1) is 14.5. The molecule has 1 aromatic heterocycles. The predicted molar refractivity (Wildman–Crippen MR) is 114 cm³/mol. The van der Waals surface area contributed by atoms with Crippen LogP contribution in [0.1, 0.15) is 26.2 Å². The Labute approximate surface area is 181 Å². The molecule has 164 valence electrons. The molecule has 1 aliphatic rings. The molecule has 0 spiro atoms. The van der Waals surface area contributed by atoms with Gasteiger partial charge in [-0.3, -0.25) is 4.79 Å². The summed E-state index contributed by atoms with van der Waals surface area (Å²) in [4.78, 5) is 12.3. The lowest BCUT2D eigenvalue weighted by Crippen LogP contribution is -2.40. The first-order valence-corrected chi connectivity index (χ1v) is 12.4. The van der Waals surface area contributed by atoms with Crippen LogP contribution in [0.2, 0.25) is 0 Å². The number of rotatable bonds is 10. The van der Waals surface area contributed by atoms with E-state index in [0.29, 0.717) is 42.5 Å². The van der Waals surface area contributed by atoms with Crippen LogP contribution in [0, 0.1) is 5.92 Å². The van der Waals surface area contributed by atoms with E-state index >= 15 is 0 Å². The summed E-state index contributed by atoms with van der Waals surface area (Å²) in [6.07, 6.45) is 1.88. The van der Waals surface area contributed by atoms with Crippen LogP contribution in [0.3, 0.4) is 0 Å². The fourth-order valence-corrected chi connectivity index (χ4v) is 5.76. The van der Waals surface area contributed by atoms with E-state index in [1.165, 1.54) is 15.6 Å². The predicted octanol–water partition coefficient (Wildman–Crippen LogP) is 3.56. The zero-order chi connectivity index (χ0) is 21.4. The van der Waals surface area contributed by atoms with E-state index in [4.69, 9.17) is 14.2 Å². The van der Waals surface area contributed by atoms with Crippen molar-refractivity contribution in [2.45, 2.75) is 30.4 Å². The molecule has 0 unspecified atom stereocenters. The summed E-state index contributed by atoms with van der Waals surface area (Å²) >= 11 is 1.20. The van der Waals surface area contributed by atoms with Gasteiger partial charge in [0.1, 0.15) is 28.9 Å². The number of thiophene rings is 1. The zero-order valence-corrected chi connectivity index (χ0v) is 18.6. The molecule has 2 heterocycles. The molecule has 1 fully saturated rings. The number of sulfonamides is 1. The summed E-state index contributed by atoms with van der Waals surface area (Å²) in [6.45, 7) is 3.78. The van der Waals surface area contributed by atoms with Gasteiger partial charge in [-0.25, -0.2) is 8.42 Å². The number of nitrogens with zero attached hydrogens (tertiary/aromatic N) is 1. The van der Waals surface area contributed by atoms with Crippen molar-refractivity contribution < 1.29 is 27.4 Å². The van der Waals surface area contributed by atoms with E-state index in [1.807, 2.05) is 24.3 Å². The van der Waals surface area contributed by atoms with E-state index < -0.39 is 10.0 Å². The molecule has 1 aromatic carbocycles.